The summed E-state index contributed by atoms with van der Waals surface area (Å²) in [6, 6.07) is 0.546. The Morgan fingerprint density at radius 1 is 1.53 bits per heavy atom. The van der Waals surface area contributed by atoms with Crippen LogP contribution >= 0.6 is 11.3 Å². The molecule has 1 amide bonds. The van der Waals surface area contributed by atoms with Crippen molar-refractivity contribution in [1.29, 1.82) is 0 Å². The molecule has 0 radical (unpaired) electrons. The maximum atomic E-state index is 12.3. The number of anilines is 2. The van der Waals surface area contributed by atoms with E-state index in [1.165, 1.54) is 24.2 Å². The minimum atomic E-state index is -0.0608. The Labute approximate surface area is 115 Å². The van der Waals surface area contributed by atoms with Crippen LogP contribution in [0.15, 0.2) is 18.6 Å². The average molecular weight is 277 g/mol. The zero-order chi connectivity index (χ0) is 13.4. The first-order valence-electron chi connectivity index (χ1n) is 6.12. The van der Waals surface area contributed by atoms with Crippen molar-refractivity contribution in [2.75, 3.05) is 17.3 Å². The zero-order valence-electron chi connectivity index (χ0n) is 10.8. The molecule has 2 aromatic rings. The number of nitrogens with zero attached hydrogens (tertiary/aromatic N) is 4. The van der Waals surface area contributed by atoms with Crippen LogP contribution < -0.4 is 10.2 Å². The Balaban J connectivity index is 1.73. The van der Waals surface area contributed by atoms with Crippen molar-refractivity contribution in [2.24, 2.45) is 7.05 Å². The van der Waals surface area contributed by atoms with Crippen LogP contribution in [0.2, 0.25) is 0 Å². The molecule has 6 nitrogen and oxygen atoms in total. The number of carbonyl (C=O) groups excluding carboxylic acids is 1. The fourth-order valence-corrected chi connectivity index (χ4v) is 2.58. The summed E-state index contributed by atoms with van der Waals surface area (Å²) in [7, 11) is 3.57. The molecule has 0 unspecified atom stereocenters. The summed E-state index contributed by atoms with van der Waals surface area (Å²) >= 11 is 1.40. The van der Waals surface area contributed by atoms with Crippen LogP contribution in [-0.2, 0) is 7.05 Å². The van der Waals surface area contributed by atoms with E-state index in [9.17, 15) is 4.79 Å². The number of rotatable bonds is 4. The summed E-state index contributed by atoms with van der Waals surface area (Å²) in [5, 5.41) is 8.18. The monoisotopic (exact) mass is 277 g/mol. The third-order valence-corrected chi connectivity index (χ3v) is 3.92. The van der Waals surface area contributed by atoms with Gasteiger partial charge in [-0.3, -0.25) is 9.48 Å². The van der Waals surface area contributed by atoms with Crippen molar-refractivity contribution >= 4 is 28.1 Å². The molecule has 1 saturated carbocycles. The van der Waals surface area contributed by atoms with Crippen LogP contribution in [0, 0.1) is 0 Å². The molecule has 1 N–H and O–H groups in total. The van der Waals surface area contributed by atoms with Gasteiger partial charge in [-0.15, -0.1) is 0 Å². The van der Waals surface area contributed by atoms with Gasteiger partial charge >= 0.3 is 0 Å². The topological polar surface area (TPSA) is 63.1 Å². The lowest BCUT2D eigenvalue weighted by Crippen LogP contribution is -2.24. The third kappa shape index (κ3) is 2.60. The molecule has 3 rings (SSSR count). The third-order valence-electron chi connectivity index (χ3n) is 3.00. The van der Waals surface area contributed by atoms with Crippen molar-refractivity contribution in [3.63, 3.8) is 0 Å². The Bertz CT molecular complexity index is 601. The van der Waals surface area contributed by atoms with Crippen molar-refractivity contribution in [3.8, 4) is 0 Å². The van der Waals surface area contributed by atoms with Crippen molar-refractivity contribution in [1.82, 2.24) is 14.8 Å². The predicted octanol–water partition coefficient (Wildman–Crippen LogP) is 1.73. The molecule has 0 aromatic carbocycles. The first-order valence-corrected chi connectivity index (χ1v) is 6.94. The molecule has 19 heavy (non-hydrogen) atoms. The van der Waals surface area contributed by atoms with Crippen LogP contribution in [0.5, 0.6) is 0 Å². The molecule has 7 heteroatoms. The standard InChI is InChI=1S/C12H15N5OS/c1-16-7-9(5-14-16)17(2)11(18)10-6-13-12(19-10)15-8-3-4-8/h5-8H,3-4H2,1-2H3,(H,13,15). The van der Waals surface area contributed by atoms with Crippen LogP contribution in [0.4, 0.5) is 10.8 Å². The van der Waals surface area contributed by atoms with Crippen molar-refractivity contribution < 1.29 is 4.79 Å². The van der Waals surface area contributed by atoms with E-state index < -0.39 is 0 Å². The van der Waals surface area contributed by atoms with Crippen LogP contribution in [-0.4, -0.2) is 33.8 Å². The van der Waals surface area contributed by atoms with Gasteiger partial charge in [-0.1, -0.05) is 11.3 Å². The molecule has 0 saturated heterocycles. The highest BCUT2D eigenvalue weighted by atomic mass is 32.1. The van der Waals surface area contributed by atoms with Gasteiger partial charge in [0.1, 0.15) is 4.88 Å². The van der Waals surface area contributed by atoms with E-state index in [2.05, 4.69) is 15.4 Å². The highest BCUT2D eigenvalue weighted by Gasteiger charge is 2.23. The van der Waals surface area contributed by atoms with E-state index in [4.69, 9.17) is 0 Å². The minimum Gasteiger partial charge on any atom is -0.359 e. The summed E-state index contributed by atoms with van der Waals surface area (Å²) in [6.45, 7) is 0. The van der Waals surface area contributed by atoms with Crippen LogP contribution in [0.3, 0.4) is 0 Å². The molecular formula is C12H15N5OS. The second kappa shape index (κ2) is 4.65. The highest BCUT2D eigenvalue weighted by molar-refractivity contribution is 7.17. The van der Waals surface area contributed by atoms with E-state index in [1.54, 1.807) is 29.0 Å². The van der Waals surface area contributed by atoms with Gasteiger partial charge in [-0.2, -0.15) is 5.10 Å². The van der Waals surface area contributed by atoms with Gasteiger partial charge in [0.25, 0.3) is 5.91 Å². The Kier molecular flexibility index (Phi) is 2.98. The molecule has 2 heterocycles. The van der Waals surface area contributed by atoms with Crippen LogP contribution in [0.1, 0.15) is 22.5 Å². The molecule has 1 aliphatic rings. The number of aryl methyl sites for hydroxylation is 1. The Morgan fingerprint density at radius 3 is 2.95 bits per heavy atom. The minimum absolute atomic E-state index is 0.0608. The maximum absolute atomic E-state index is 12.3. The molecule has 0 bridgehead atoms. The fourth-order valence-electron chi connectivity index (χ4n) is 1.71. The number of aromatic nitrogens is 3. The van der Waals surface area contributed by atoms with E-state index in [0.29, 0.717) is 10.9 Å². The van der Waals surface area contributed by atoms with E-state index in [-0.39, 0.29) is 5.91 Å². The quantitative estimate of drug-likeness (QED) is 0.924. The van der Waals surface area contributed by atoms with Gasteiger partial charge in [0.2, 0.25) is 0 Å². The number of hydrogen-bond donors (Lipinski definition) is 1. The SMILES string of the molecule is CN(C(=O)c1cnc(NC2CC2)s1)c1cnn(C)c1. The van der Waals surface area contributed by atoms with Crippen molar-refractivity contribution in [2.45, 2.75) is 18.9 Å². The van der Waals surface area contributed by atoms with Crippen molar-refractivity contribution in [3.05, 3.63) is 23.5 Å². The zero-order valence-corrected chi connectivity index (χ0v) is 11.6. The van der Waals surface area contributed by atoms with E-state index >= 15 is 0 Å². The second-order valence-electron chi connectivity index (χ2n) is 4.68. The Hall–Kier alpha value is -1.89. The number of amides is 1. The highest BCUT2D eigenvalue weighted by Crippen LogP contribution is 2.28. The number of carbonyl (C=O) groups is 1. The number of nitrogens with one attached hydrogen (secondary N) is 1. The lowest BCUT2D eigenvalue weighted by atomic mass is 10.4. The molecule has 1 aliphatic carbocycles. The van der Waals surface area contributed by atoms with Gasteiger partial charge in [0, 0.05) is 26.3 Å². The second-order valence-corrected chi connectivity index (χ2v) is 5.72. The molecule has 0 spiro atoms. The van der Waals surface area contributed by atoms with Gasteiger partial charge in [-0.25, -0.2) is 4.98 Å². The molecular weight excluding hydrogens is 262 g/mol. The van der Waals surface area contributed by atoms with Crippen LogP contribution in [0.25, 0.3) is 0 Å². The fraction of sp³-hybridized carbons (Fsp3) is 0.417. The summed E-state index contributed by atoms with van der Waals surface area (Å²) < 4.78 is 1.67. The Morgan fingerprint density at radius 2 is 2.32 bits per heavy atom. The number of hydrogen-bond acceptors (Lipinski definition) is 5. The molecule has 100 valence electrons. The molecule has 2 aromatic heterocycles. The summed E-state index contributed by atoms with van der Waals surface area (Å²) in [6.07, 6.45) is 7.49. The largest absolute Gasteiger partial charge is 0.359 e. The first-order chi connectivity index (χ1) is 9.13. The summed E-state index contributed by atoms with van der Waals surface area (Å²) in [4.78, 5) is 18.8. The molecule has 0 atom stereocenters. The maximum Gasteiger partial charge on any atom is 0.269 e. The summed E-state index contributed by atoms with van der Waals surface area (Å²) in [5.74, 6) is -0.0608. The molecule has 1 fully saturated rings. The average Bonchev–Trinajstić information content (AvgIpc) is 2.89. The molecule has 0 aliphatic heterocycles. The number of thiazole rings is 1. The van der Waals surface area contributed by atoms with E-state index in [0.717, 1.165) is 10.8 Å². The smallest absolute Gasteiger partial charge is 0.269 e. The van der Waals surface area contributed by atoms with Gasteiger partial charge in [0.15, 0.2) is 5.13 Å². The first kappa shape index (κ1) is 12.2. The predicted molar refractivity (Wildman–Crippen MR) is 74.7 cm³/mol. The summed E-state index contributed by atoms with van der Waals surface area (Å²) in [5.41, 5.74) is 0.776. The van der Waals surface area contributed by atoms with Gasteiger partial charge < -0.3 is 10.2 Å². The lowest BCUT2D eigenvalue weighted by Gasteiger charge is -2.12. The van der Waals surface area contributed by atoms with Gasteiger partial charge in [-0.05, 0) is 12.8 Å². The normalized spacial score (nSPS) is 14.4. The van der Waals surface area contributed by atoms with E-state index in [1.807, 2.05) is 13.2 Å². The van der Waals surface area contributed by atoms with Gasteiger partial charge in [0.05, 0.1) is 18.1 Å². The lowest BCUT2D eigenvalue weighted by molar-refractivity contribution is 0.0996.